The van der Waals surface area contributed by atoms with Crippen LogP contribution in [0.4, 0.5) is 5.82 Å². The first-order valence-corrected chi connectivity index (χ1v) is 6.08. The summed E-state index contributed by atoms with van der Waals surface area (Å²) in [6.07, 6.45) is 3.64. The predicted octanol–water partition coefficient (Wildman–Crippen LogP) is 2.41. The first-order valence-electron chi connectivity index (χ1n) is 4.38. The van der Waals surface area contributed by atoms with Crippen LogP contribution in [0.25, 0.3) is 15.4 Å². The summed E-state index contributed by atoms with van der Waals surface area (Å²) in [6, 6.07) is 0. The van der Waals surface area contributed by atoms with Crippen LogP contribution in [0.5, 0.6) is 0 Å². The number of fused-ring (bicyclic) bond motifs is 1. The van der Waals surface area contributed by atoms with Crippen molar-refractivity contribution in [2.75, 3.05) is 5.73 Å². The molecule has 0 atom stereocenters. The number of nitrogen functional groups attached to an aromatic ring is 1. The highest BCUT2D eigenvalue weighted by molar-refractivity contribution is 7.18. The lowest BCUT2D eigenvalue weighted by molar-refractivity contribution is 1.19. The Labute approximate surface area is 94.0 Å². The molecule has 15 heavy (non-hydrogen) atoms. The molecular weight excluding hydrogens is 228 g/mol. The van der Waals surface area contributed by atoms with Crippen molar-refractivity contribution in [2.24, 2.45) is 0 Å². The summed E-state index contributed by atoms with van der Waals surface area (Å²) in [7, 11) is 0. The summed E-state index contributed by atoms with van der Waals surface area (Å²) in [5.74, 6) is 0.590. The fourth-order valence-electron chi connectivity index (χ4n) is 1.46. The van der Waals surface area contributed by atoms with Gasteiger partial charge >= 0.3 is 0 Å². The molecule has 0 aliphatic heterocycles. The quantitative estimate of drug-likeness (QED) is 0.706. The van der Waals surface area contributed by atoms with Crippen molar-refractivity contribution in [3.8, 4) is 10.6 Å². The van der Waals surface area contributed by atoms with E-state index in [9.17, 15) is 0 Å². The number of hydrogen-bond donors (Lipinski definition) is 1. The van der Waals surface area contributed by atoms with Crippen LogP contribution >= 0.6 is 22.7 Å². The molecule has 0 unspecified atom stereocenters. The lowest BCUT2D eigenvalue weighted by Crippen LogP contribution is -1.82. The Bertz CT molecular complexity index is 619. The number of nitrogens with two attached hydrogens (primary N) is 1. The van der Waals surface area contributed by atoms with Gasteiger partial charge < -0.3 is 5.73 Å². The Morgan fingerprint density at radius 3 is 3.00 bits per heavy atom. The van der Waals surface area contributed by atoms with Crippen molar-refractivity contribution >= 4 is 33.3 Å². The van der Waals surface area contributed by atoms with Crippen LogP contribution in [0.15, 0.2) is 17.9 Å². The summed E-state index contributed by atoms with van der Waals surface area (Å²) in [5.41, 5.74) is 6.85. The number of nitrogens with zero attached hydrogens (tertiary/aromatic N) is 3. The average Bonchev–Trinajstić information content (AvgIpc) is 2.84. The molecule has 3 heterocycles. The molecule has 0 aromatic carbocycles. The number of rotatable bonds is 1. The number of thiazole rings is 2. The summed E-state index contributed by atoms with van der Waals surface area (Å²) in [4.78, 5) is 10.5. The minimum absolute atomic E-state index is 0.590. The van der Waals surface area contributed by atoms with Gasteiger partial charge in [-0.1, -0.05) is 0 Å². The van der Waals surface area contributed by atoms with Gasteiger partial charge in [-0.15, -0.1) is 22.7 Å². The van der Waals surface area contributed by atoms with Crippen LogP contribution in [-0.4, -0.2) is 14.4 Å². The summed E-state index contributed by atoms with van der Waals surface area (Å²) in [5, 5.41) is 3.15. The molecule has 0 radical (unpaired) electrons. The van der Waals surface area contributed by atoms with Crippen LogP contribution in [0.3, 0.4) is 0 Å². The minimum atomic E-state index is 0.590. The van der Waals surface area contributed by atoms with E-state index >= 15 is 0 Å². The van der Waals surface area contributed by atoms with E-state index in [0.717, 1.165) is 20.4 Å². The largest absolute Gasteiger partial charge is 0.381 e. The van der Waals surface area contributed by atoms with Crippen molar-refractivity contribution in [2.45, 2.75) is 6.92 Å². The van der Waals surface area contributed by atoms with Crippen molar-refractivity contribution in [1.29, 1.82) is 0 Å². The lowest BCUT2D eigenvalue weighted by atomic mass is 10.4. The Morgan fingerprint density at radius 2 is 2.27 bits per heavy atom. The number of aryl methyl sites for hydroxylation is 1. The van der Waals surface area contributed by atoms with Crippen molar-refractivity contribution in [3.05, 3.63) is 22.9 Å². The molecule has 0 aliphatic carbocycles. The van der Waals surface area contributed by atoms with Gasteiger partial charge in [0.2, 0.25) is 0 Å². The van der Waals surface area contributed by atoms with Gasteiger partial charge in [0.05, 0.1) is 15.6 Å². The summed E-state index contributed by atoms with van der Waals surface area (Å²) in [6.45, 7) is 2.00. The second-order valence-corrected chi connectivity index (χ2v) is 5.26. The Hall–Kier alpha value is -1.40. The van der Waals surface area contributed by atoms with E-state index < -0.39 is 0 Å². The second kappa shape index (κ2) is 3.04. The van der Waals surface area contributed by atoms with Gasteiger partial charge in [0.1, 0.15) is 11.2 Å². The fraction of sp³-hybridized carbons (Fsp3) is 0.111. The van der Waals surface area contributed by atoms with E-state index in [1.807, 2.05) is 17.5 Å². The van der Waals surface area contributed by atoms with E-state index in [1.165, 1.54) is 0 Å². The zero-order chi connectivity index (χ0) is 10.4. The third-order valence-corrected chi connectivity index (χ3v) is 4.07. The smallest absolute Gasteiger partial charge is 0.160 e. The predicted molar refractivity (Wildman–Crippen MR) is 63.3 cm³/mol. The maximum absolute atomic E-state index is 5.74. The maximum Gasteiger partial charge on any atom is 0.160 e. The van der Waals surface area contributed by atoms with Gasteiger partial charge in [-0.25, -0.2) is 9.97 Å². The Morgan fingerprint density at radius 1 is 1.40 bits per heavy atom. The molecule has 0 spiro atoms. The number of anilines is 1. The minimum Gasteiger partial charge on any atom is -0.381 e. The summed E-state index contributed by atoms with van der Waals surface area (Å²) < 4.78 is 2.01. The highest BCUT2D eigenvalue weighted by Gasteiger charge is 2.11. The van der Waals surface area contributed by atoms with Gasteiger partial charge in [0.25, 0.3) is 0 Å². The molecule has 0 saturated heterocycles. The van der Waals surface area contributed by atoms with E-state index in [4.69, 9.17) is 5.73 Å². The molecule has 6 heteroatoms. The molecule has 0 saturated carbocycles. The van der Waals surface area contributed by atoms with Crippen LogP contribution in [0, 0.1) is 6.92 Å². The van der Waals surface area contributed by atoms with Crippen LogP contribution in [0.2, 0.25) is 0 Å². The van der Waals surface area contributed by atoms with E-state index in [1.54, 1.807) is 29.0 Å². The Balaban J connectivity index is 2.27. The molecule has 3 aromatic heterocycles. The lowest BCUT2D eigenvalue weighted by Gasteiger charge is -1.91. The molecule has 0 fully saturated rings. The molecule has 3 rings (SSSR count). The number of aromatic nitrogens is 3. The van der Waals surface area contributed by atoms with Crippen LogP contribution in [-0.2, 0) is 0 Å². The van der Waals surface area contributed by atoms with E-state index in [-0.39, 0.29) is 0 Å². The first kappa shape index (κ1) is 8.87. The molecule has 0 amide bonds. The van der Waals surface area contributed by atoms with Gasteiger partial charge in [0, 0.05) is 11.6 Å². The SMILES string of the molecule is Cc1ncc(-c2csc3c(N)ncn23)s1. The third kappa shape index (κ3) is 1.25. The average molecular weight is 236 g/mol. The molecule has 76 valence electrons. The molecule has 3 aromatic rings. The van der Waals surface area contributed by atoms with Crippen molar-refractivity contribution in [3.63, 3.8) is 0 Å². The van der Waals surface area contributed by atoms with Crippen LogP contribution in [0.1, 0.15) is 5.01 Å². The number of imidazole rings is 1. The normalized spacial score (nSPS) is 11.3. The van der Waals surface area contributed by atoms with Gasteiger partial charge in [-0.3, -0.25) is 4.40 Å². The van der Waals surface area contributed by atoms with Gasteiger partial charge in [0.15, 0.2) is 5.82 Å². The van der Waals surface area contributed by atoms with E-state index in [0.29, 0.717) is 5.82 Å². The standard InChI is InChI=1S/C9H8N4S2/c1-5-11-2-7(15-5)6-3-14-9-8(10)12-4-13(6)9/h2-4H,10H2,1H3. The molecule has 4 nitrogen and oxygen atoms in total. The van der Waals surface area contributed by atoms with Crippen LogP contribution < -0.4 is 5.73 Å². The summed E-state index contributed by atoms with van der Waals surface area (Å²) >= 11 is 3.28. The first-order chi connectivity index (χ1) is 7.25. The second-order valence-electron chi connectivity index (χ2n) is 3.17. The molecule has 2 N–H and O–H groups in total. The molecule has 0 bridgehead atoms. The highest BCUT2D eigenvalue weighted by atomic mass is 32.1. The maximum atomic E-state index is 5.74. The topological polar surface area (TPSA) is 56.2 Å². The zero-order valence-corrected chi connectivity index (χ0v) is 9.60. The fourth-order valence-corrected chi connectivity index (χ4v) is 3.23. The third-order valence-electron chi connectivity index (χ3n) is 2.17. The highest BCUT2D eigenvalue weighted by Crippen LogP contribution is 2.31. The van der Waals surface area contributed by atoms with Gasteiger partial charge in [-0.05, 0) is 6.92 Å². The number of hydrogen-bond acceptors (Lipinski definition) is 5. The monoisotopic (exact) mass is 236 g/mol. The van der Waals surface area contributed by atoms with Crippen molar-refractivity contribution < 1.29 is 0 Å². The van der Waals surface area contributed by atoms with Gasteiger partial charge in [-0.2, -0.15) is 0 Å². The van der Waals surface area contributed by atoms with E-state index in [2.05, 4.69) is 15.3 Å². The molecular formula is C9H8N4S2. The Kier molecular flexibility index (Phi) is 1.80. The van der Waals surface area contributed by atoms with Crippen molar-refractivity contribution in [1.82, 2.24) is 14.4 Å². The molecule has 0 aliphatic rings. The zero-order valence-electron chi connectivity index (χ0n) is 7.97.